The van der Waals surface area contributed by atoms with Gasteiger partial charge in [0.1, 0.15) is 5.76 Å². The molecular weight excluding hydrogens is 360 g/mol. The molecule has 0 spiro atoms. The van der Waals surface area contributed by atoms with E-state index in [9.17, 15) is 14.7 Å². The van der Waals surface area contributed by atoms with Crippen molar-refractivity contribution in [3.8, 4) is 0 Å². The second-order valence-electron chi connectivity index (χ2n) is 6.41. The van der Waals surface area contributed by atoms with Crippen LogP contribution < -0.4 is 5.43 Å². The number of aliphatic hydroxyl groups is 1. The van der Waals surface area contributed by atoms with Crippen LogP contribution in [0.15, 0.2) is 45.2 Å². The molecule has 0 heterocycles. The van der Waals surface area contributed by atoms with Crippen LogP contribution in [-0.4, -0.2) is 22.5 Å². The number of carbonyl (C=O) groups is 2. The number of hydrogen-bond acceptors (Lipinski definition) is 4. The predicted molar refractivity (Wildman–Crippen MR) is 92.4 cm³/mol. The number of hydrazone groups is 1. The molecule has 5 nitrogen and oxygen atoms in total. The van der Waals surface area contributed by atoms with Gasteiger partial charge in [-0.1, -0.05) is 29.8 Å². The number of halogens is 1. The van der Waals surface area contributed by atoms with E-state index in [4.69, 9.17) is 0 Å². The van der Waals surface area contributed by atoms with Crippen LogP contribution in [0.25, 0.3) is 0 Å². The van der Waals surface area contributed by atoms with Gasteiger partial charge in [-0.05, 0) is 36.6 Å². The van der Waals surface area contributed by atoms with E-state index < -0.39 is 0 Å². The SMILES string of the molecule is C/C(=N\NC(=O)c1ccc(Br)cc1)C1=C(O)CC(C)(C)CC1=O. The maximum atomic E-state index is 12.2. The van der Waals surface area contributed by atoms with Gasteiger partial charge in [0.25, 0.3) is 5.91 Å². The third kappa shape index (κ3) is 4.28. The number of nitrogens with zero attached hydrogens (tertiary/aromatic N) is 1. The van der Waals surface area contributed by atoms with Crippen LogP contribution in [0, 0.1) is 5.41 Å². The number of aliphatic hydroxyl groups excluding tert-OH is 1. The number of Topliss-reactive ketones (excluding diaryl/α,β-unsaturated/α-hetero) is 1. The molecule has 23 heavy (non-hydrogen) atoms. The van der Waals surface area contributed by atoms with Crippen molar-refractivity contribution in [1.29, 1.82) is 0 Å². The van der Waals surface area contributed by atoms with E-state index in [0.29, 0.717) is 24.1 Å². The second kappa shape index (κ2) is 6.66. The van der Waals surface area contributed by atoms with Crippen LogP contribution in [0.2, 0.25) is 0 Å². The molecule has 0 saturated carbocycles. The summed E-state index contributed by atoms with van der Waals surface area (Å²) in [5.74, 6) is -0.496. The fourth-order valence-electron chi connectivity index (χ4n) is 2.56. The summed E-state index contributed by atoms with van der Waals surface area (Å²) in [4.78, 5) is 24.2. The van der Waals surface area contributed by atoms with Crippen LogP contribution >= 0.6 is 15.9 Å². The van der Waals surface area contributed by atoms with Crippen molar-refractivity contribution in [2.75, 3.05) is 0 Å². The van der Waals surface area contributed by atoms with Crippen molar-refractivity contribution in [2.24, 2.45) is 10.5 Å². The molecule has 1 aliphatic rings. The lowest BCUT2D eigenvalue weighted by atomic mass is 9.76. The Hall–Kier alpha value is -1.95. The first-order chi connectivity index (χ1) is 10.7. The van der Waals surface area contributed by atoms with Gasteiger partial charge in [0.2, 0.25) is 0 Å². The summed E-state index contributed by atoms with van der Waals surface area (Å²) in [6.45, 7) is 5.46. The number of benzene rings is 1. The monoisotopic (exact) mass is 378 g/mol. The standard InChI is InChI=1S/C17H19BrN2O3/c1-10(15-13(21)8-17(2,3)9-14(15)22)19-20-16(23)11-4-6-12(18)7-5-11/h4-7,21H,8-9H2,1-3H3,(H,20,23)/b19-10+. The Bertz CT molecular complexity index is 703. The molecule has 0 unspecified atom stereocenters. The largest absolute Gasteiger partial charge is 0.511 e. The number of allylic oxidation sites excluding steroid dienone is 2. The zero-order chi connectivity index (χ0) is 17.2. The topological polar surface area (TPSA) is 78.8 Å². The number of nitrogens with one attached hydrogen (secondary N) is 1. The second-order valence-corrected chi connectivity index (χ2v) is 7.32. The predicted octanol–water partition coefficient (Wildman–Crippen LogP) is 3.76. The molecule has 0 bridgehead atoms. The van der Waals surface area contributed by atoms with Gasteiger partial charge in [-0.2, -0.15) is 5.10 Å². The number of carbonyl (C=O) groups excluding carboxylic acids is 2. The molecule has 2 rings (SSSR count). The molecule has 0 atom stereocenters. The van der Waals surface area contributed by atoms with Crippen molar-refractivity contribution in [3.63, 3.8) is 0 Å². The van der Waals surface area contributed by atoms with Crippen LogP contribution in [0.1, 0.15) is 44.0 Å². The normalized spacial score (nSPS) is 18.1. The van der Waals surface area contributed by atoms with Crippen molar-refractivity contribution in [3.05, 3.63) is 45.6 Å². The Morgan fingerprint density at radius 3 is 2.43 bits per heavy atom. The van der Waals surface area contributed by atoms with E-state index in [1.165, 1.54) is 0 Å². The third-order valence-electron chi connectivity index (χ3n) is 3.65. The van der Waals surface area contributed by atoms with Gasteiger partial charge in [0.05, 0.1) is 11.3 Å². The highest BCUT2D eigenvalue weighted by Crippen LogP contribution is 2.35. The Labute approximate surface area is 143 Å². The van der Waals surface area contributed by atoms with Gasteiger partial charge >= 0.3 is 0 Å². The summed E-state index contributed by atoms with van der Waals surface area (Å²) < 4.78 is 0.874. The molecule has 2 N–H and O–H groups in total. The molecule has 0 aliphatic heterocycles. The number of amides is 1. The minimum absolute atomic E-state index is 0.0328. The fraction of sp³-hybridized carbons (Fsp3) is 0.353. The summed E-state index contributed by atoms with van der Waals surface area (Å²) in [5.41, 5.74) is 3.13. The van der Waals surface area contributed by atoms with Crippen LogP contribution in [0.5, 0.6) is 0 Å². The highest BCUT2D eigenvalue weighted by atomic mass is 79.9. The van der Waals surface area contributed by atoms with Crippen LogP contribution in [-0.2, 0) is 4.79 Å². The first-order valence-corrected chi connectivity index (χ1v) is 8.05. The Morgan fingerprint density at radius 1 is 1.26 bits per heavy atom. The molecular formula is C17H19BrN2O3. The summed E-state index contributed by atoms with van der Waals surface area (Å²) in [6.07, 6.45) is 0.765. The van der Waals surface area contributed by atoms with Crippen LogP contribution in [0.4, 0.5) is 0 Å². The highest BCUT2D eigenvalue weighted by molar-refractivity contribution is 9.10. The molecule has 0 radical (unpaired) electrons. The average Bonchev–Trinajstić information content (AvgIpc) is 2.43. The summed E-state index contributed by atoms with van der Waals surface area (Å²) >= 11 is 3.30. The van der Waals surface area contributed by atoms with E-state index in [1.54, 1.807) is 31.2 Å². The van der Waals surface area contributed by atoms with Crippen LogP contribution in [0.3, 0.4) is 0 Å². The van der Waals surface area contributed by atoms with Crippen molar-refractivity contribution in [2.45, 2.75) is 33.6 Å². The number of ketones is 1. The minimum Gasteiger partial charge on any atom is -0.511 e. The maximum absolute atomic E-state index is 12.2. The number of hydrogen-bond donors (Lipinski definition) is 2. The molecule has 6 heteroatoms. The zero-order valence-corrected chi connectivity index (χ0v) is 14.9. The number of rotatable bonds is 3. The lowest BCUT2D eigenvalue weighted by Crippen LogP contribution is -2.29. The lowest BCUT2D eigenvalue weighted by Gasteiger charge is -2.29. The van der Waals surface area contributed by atoms with Gasteiger partial charge in [0.15, 0.2) is 5.78 Å². The fourth-order valence-corrected chi connectivity index (χ4v) is 2.82. The Kier molecular flexibility index (Phi) is 5.04. The van der Waals surface area contributed by atoms with Gasteiger partial charge in [0, 0.05) is 22.9 Å². The average molecular weight is 379 g/mol. The van der Waals surface area contributed by atoms with Crippen molar-refractivity contribution >= 4 is 33.3 Å². The molecule has 0 aromatic heterocycles. The first-order valence-electron chi connectivity index (χ1n) is 7.25. The Balaban J connectivity index is 2.15. The van der Waals surface area contributed by atoms with E-state index in [-0.39, 0.29) is 28.4 Å². The Morgan fingerprint density at radius 2 is 1.87 bits per heavy atom. The van der Waals surface area contributed by atoms with Gasteiger partial charge in [-0.3, -0.25) is 9.59 Å². The third-order valence-corrected chi connectivity index (χ3v) is 4.17. The summed E-state index contributed by atoms with van der Waals surface area (Å²) in [7, 11) is 0. The maximum Gasteiger partial charge on any atom is 0.271 e. The quantitative estimate of drug-likeness (QED) is 0.620. The molecule has 1 aliphatic carbocycles. The smallest absolute Gasteiger partial charge is 0.271 e. The highest BCUT2D eigenvalue weighted by Gasteiger charge is 2.34. The van der Waals surface area contributed by atoms with E-state index in [0.717, 1.165) is 4.47 Å². The van der Waals surface area contributed by atoms with Gasteiger partial charge in [-0.15, -0.1) is 0 Å². The van der Waals surface area contributed by atoms with Gasteiger partial charge in [-0.25, -0.2) is 5.43 Å². The van der Waals surface area contributed by atoms with E-state index in [1.807, 2.05) is 13.8 Å². The van der Waals surface area contributed by atoms with Crippen molar-refractivity contribution < 1.29 is 14.7 Å². The minimum atomic E-state index is -0.375. The molecule has 122 valence electrons. The molecule has 0 fully saturated rings. The molecule has 1 aromatic carbocycles. The van der Waals surface area contributed by atoms with Gasteiger partial charge < -0.3 is 5.11 Å². The summed E-state index contributed by atoms with van der Waals surface area (Å²) in [6, 6.07) is 6.84. The molecule has 1 amide bonds. The van der Waals surface area contributed by atoms with E-state index >= 15 is 0 Å². The first kappa shape index (κ1) is 17.4. The molecule has 0 saturated heterocycles. The van der Waals surface area contributed by atoms with E-state index in [2.05, 4.69) is 26.5 Å². The zero-order valence-electron chi connectivity index (χ0n) is 13.3. The van der Waals surface area contributed by atoms with Crippen molar-refractivity contribution in [1.82, 2.24) is 5.43 Å². The summed E-state index contributed by atoms with van der Waals surface area (Å²) in [5, 5.41) is 14.1. The molecule has 1 aromatic rings. The lowest BCUT2D eigenvalue weighted by molar-refractivity contribution is -0.117.